The summed E-state index contributed by atoms with van der Waals surface area (Å²) < 4.78 is 0. The molecule has 1 aliphatic carbocycles. The summed E-state index contributed by atoms with van der Waals surface area (Å²) in [5.74, 6) is 0. The lowest BCUT2D eigenvalue weighted by atomic mass is 9.66. The number of hydrogen-bond acceptors (Lipinski definition) is 0. The molecule has 0 amide bonds. The number of rotatable bonds is 0. The highest BCUT2D eigenvalue weighted by Gasteiger charge is 2.35. The average molecular weight is 425 g/mol. The summed E-state index contributed by atoms with van der Waals surface area (Å²) in [6.07, 6.45) is 0. The van der Waals surface area contributed by atoms with E-state index in [0.717, 1.165) is 0 Å². The second kappa shape index (κ2) is 7.18. The van der Waals surface area contributed by atoms with Gasteiger partial charge in [-0.25, -0.2) is 0 Å². The molecule has 6 aromatic carbocycles. The Hall–Kier alpha value is -3.64. The zero-order valence-electron chi connectivity index (χ0n) is 19.7. The van der Waals surface area contributed by atoms with Gasteiger partial charge in [-0.1, -0.05) is 107 Å². The van der Waals surface area contributed by atoms with Crippen LogP contribution in [0, 0.1) is 0 Å². The van der Waals surface area contributed by atoms with E-state index in [1.54, 1.807) is 0 Å². The molecule has 0 aromatic heterocycles. The van der Waals surface area contributed by atoms with Crippen LogP contribution in [0.15, 0.2) is 97.1 Å². The fraction of sp³-hybridized carbons (Fsp3) is 0.152. The van der Waals surface area contributed by atoms with E-state index in [9.17, 15) is 0 Å². The molecular formula is C33H28. The lowest BCUT2D eigenvalue weighted by Gasteiger charge is -2.36. The van der Waals surface area contributed by atoms with Crippen molar-refractivity contribution in [2.24, 2.45) is 0 Å². The Morgan fingerprint density at radius 2 is 1.12 bits per heavy atom. The molecule has 0 heteroatoms. The Balaban J connectivity index is 0.00000101. The zero-order chi connectivity index (χ0) is 22.7. The van der Waals surface area contributed by atoms with Crippen molar-refractivity contribution in [3.8, 4) is 11.1 Å². The first-order chi connectivity index (χ1) is 16.1. The van der Waals surface area contributed by atoms with Crippen LogP contribution in [0.4, 0.5) is 0 Å². The van der Waals surface area contributed by atoms with E-state index in [1.165, 1.54) is 65.3 Å². The molecule has 0 bridgehead atoms. The minimum atomic E-state index is -0.0771. The molecule has 160 valence electrons. The van der Waals surface area contributed by atoms with Crippen LogP contribution in [0.2, 0.25) is 0 Å². The predicted molar refractivity (Wildman–Crippen MR) is 145 cm³/mol. The maximum absolute atomic E-state index is 2.40. The minimum Gasteiger partial charge on any atom is -0.0683 e. The zero-order valence-corrected chi connectivity index (χ0v) is 19.7. The standard InChI is InChI=1S/C31H22.C2H6/c1-31(2)28-13-7-12-24-23-11-6-5-10-21(23)18-27(29(24)28)25-15-14-22-16-19-8-3-4-9-20(19)17-26(22)30(25)31;1-2/h3-18H,1-2H3;1-2H3. The predicted octanol–water partition coefficient (Wildman–Crippen LogP) is 9.63. The van der Waals surface area contributed by atoms with Crippen LogP contribution in [0.1, 0.15) is 38.8 Å². The Morgan fingerprint density at radius 3 is 1.91 bits per heavy atom. The molecule has 0 heterocycles. The molecule has 0 spiro atoms. The van der Waals surface area contributed by atoms with Gasteiger partial charge in [-0.3, -0.25) is 0 Å². The minimum absolute atomic E-state index is 0.0771. The van der Waals surface area contributed by atoms with Gasteiger partial charge in [-0.2, -0.15) is 0 Å². The van der Waals surface area contributed by atoms with E-state index >= 15 is 0 Å². The SMILES string of the molecule is CC.CC1(C)c2c(ccc3cc4ccccc4cc23)-c2cc3ccccc3c3cccc1c23. The second-order valence-corrected chi connectivity index (χ2v) is 9.41. The summed E-state index contributed by atoms with van der Waals surface area (Å²) in [5, 5.41) is 10.7. The molecule has 1 aliphatic rings. The van der Waals surface area contributed by atoms with Gasteiger partial charge in [-0.15, -0.1) is 0 Å². The first kappa shape index (κ1) is 20.0. The third kappa shape index (κ3) is 2.70. The van der Waals surface area contributed by atoms with Gasteiger partial charge in [0.15, 0.2) is 0 Å². The largest absolute Gasteiger partial charge is 0.0683 e. The van der Waals surface area contributed by atoms with Crippen molar-refractivity contribution >= 4 is 43.1 Å². The number of fused-ring (bicyclic) bond motifs is 7. The fourth-order valence-corrected chi connectivity index (χ4v) is 5.94. The highest BCUT2D eigenvalue weighted by Crippen LogP contribution is 2.52. The number of hydrogen-bond donors (Lipinski definition) is 0. The van der Waals surface area contributed by atoms with Gasteiger partial charge in [-0.05, 0) is 83.5 Å². The van der Waals surface area contributed by atoms with Crippen molar-refractivity contribution in [1.29, 1.82) is 0 Å². The summed E-state index contributed by atoms with van der Waals surface area (Å²) in [7, 11) is 0. The molecule has 0 N–H and O–H groups in total. The Kier molecular flexibility index (Phi) is 4.35. The van der Waals surface area contributed by atoms with Gasteiger partial charge in [0.05, 0.1) is 0 Å². The number of benzene rings is 6. The summed E-state index contributed by atoms with van der Waals surface area (Å²) >= 11 is 0. The van der Waals surface area contributed by atoms with E-state index in [4.69, 9.17) is 0 Å². The maximum Gasteiger partial charge on any atom is 0.0165 e. The van der Waals surface area contributed by atoms with Crippen molar-refractivity contribution in [3.05, 3.63) is 108 Å². The van der Waals surface area contributed by atoms with Crippen molar-refractivity contribution in [3.63, 3.8) is 0 Å². The van der Waals surface area contributed by atoms with Gasteiger partial charge in [0.2, 0.25) is 0 Å². The smallest absolute Gasteiger partial charge is 0.0165 e. The van der Waals surface area contributed by atoms with Gasteiger partial charge in [0.25, 0.3) is 0 Å². The van der Waals surface area contributed by atoms with Crippen LogP contribution in [0.5, 0.6) is 0 Å². The first-order valence-electron chi connectivity index (χ1n) is 12.0. The van der Waals surface area contributed by atoms with Gasteiger partial charge < -0.3 is 0 Å². The van der Waals surface area contributed by atoms with Gasteiger partial charge in [0.1, 0.15) is 0 Å². The summed E-state index contributed by atoms with van der Waals surface area (Å²) in [5.41, 5.74) is 5.55. The summed E-state index contributed by atoms with van der Waals surface area (Å²) in [6.45, 7) is 8.79. The van der Waals surface area contributed by atoms with Crippen LogP contribution in [-0.4, -0.2) is 0 Å². The van der Waals surface area contributed by atoms with Gasteiger partial charge >= 0.3 is 0 Å². The average Bonchev–Trinajstić information content (AvgIpc) is 2.86. The Morgan fingerprint density at radius 1 is 0.485 bits per heavy atom. The molecule has 0 saturated carbocycles. The molecule has 33 heavy (non-hydrogen) atoms. The van der Waals surface area contributed by atoms with E-state index in [2.05, 4.69) is 111 Å². The van der Waals surface area contributed by atoms with Gasteiger partial charge in [0, 0.05) is 5.41 Å². The first-order valence-corrected chi connectivity index (χ1v) is 12.0. The van der Waals surface area contributed by atoms with Crippen molar-refractivity contribution in [2.45, 2.75) is 33.1 Å². The monoisotopic (exact) mass is 424 g/mol. The molecular weight excluding hydrogens is 396 g/mol. The third-order valence-electron chi connectivity index (χ3n) is 7.36. The molecule has 7 rings (SSSR count). The highest BCUT2D eigenvalue weighted by atomic mass is 14.4. The van der Waals surface area contributed by atoms with E-state index < -0.39 is 0 Å². The van der Waals surface area contributed by atoms with Crippen LogP contribution in [0.25, 0.3) is 54.2 Å². The molecule has 0 atom stereocenters. The third-order valence-corrected chi connectivity index (χ3v) is 7.36. The van der Waals surface area contributed by atoms with Crippen molar-refractivity contribution in [1.82, 2.24) is 0 Å². The molecule has 0 saturated heterocycles. The molecule has 0 fully saturated rings. The summed E-state index contributed by atoms with van der Waals surface area (Å²) in [4.78, 5) is 0. The van der Waals surface area contributed by atoms with E-state index in [0.29, 0.717) is 0 Å². The van der Waals surface area contributed by atoms with Crippen molar-refractivity contribution < 1.29 is 0 Å². The Bertz CT molecular complexity index is 1700. The van der Waals surface area contributed by atoms with E-state index in [-0.39, 0.29) is 5.41 Å². The molecule has 0 aliphatic heterocycles. The van der Waals surface area contributed by atoms with Crippen molar-refractivity contribution in [2.75, 3.05) is 0 Å². The lowest BCUT2D eigenvalue weighted by molar-refractivity contribution is 0.651. The normalized spacial score (nSPS) is 13.7. The molecule has 0 radical (unpaired) electrons. The van der Waals surface area contributed by atoms with E-state index in [1.807, 2.05) is 13.8 Å². The highest BCUT2D eigenvalue weighted by molar-refractivity contribution is 6.18. The van der Waals surface area contributed by atoms with Crippen LogP contribution >= 0.6 is 0 Å². The van der Waals surface area contributed by atoms with Crippen LogP contribution in [0.3, 0.4) is 0 Å². The topological polar surface area (TPSA) is 0 Å². The van der Waals surface area contributed by atoms with Crippen LogP contribution in [-0.2, 0) is 5.41 Å². The second-order valence-electron chi connectivity index (χ2n) is 9.41. The Labute approximate surface area is 195 Å². The lowest BCUT2D eigenvalue weighted by Crippen LogP contribution is -2.24. The van der Waals surface area contributed by atoms with Crippen LogP contribution < -0.4 is 0 Å². The fourth-order valence-electron chi connectivity index (χ4n) is 5.94. The molecule has 0 nitrogen and oxygen atoms in total. The quantitative estimate of drug-likeness (QED) is 0.168. The molecule has 0 unspecified atom stereocenters. The molecule has 6 aromatic rings. The maximum atomic E-state index is 2.40. The summed E-state index contributed by atoms with van der Waals surface area (Å²) in [6, 6.07) is 36.2.